The second-order valence-corrected chi connectivity index (χ2v) is 11.7. The first-order chi connectivity index (χ1) is 17.9. The van der Waals surface area contributed by atoms with E-state index in [0.717, 1.165) is 69.3 Å². The number of aromatic nitrogens is 1. The molecule has 2 amide bonds. The highest BCUT2D eigenvalue weighted by Gasteiger charge is 2.37. The zero-order valence-corrected chi connectivity index (χ0v) is 21.6. The van der Waals surface area contributed by atoms with Gasteiger partial charge in [-0.25, -0.2) is 8.78 Å². The van der Waals surface area contributed by atoms with Gasteiger partial charge in [-0.05, 0) is 81.8 Å². The van der Waals surface area contributed by atoms with Crippen LogP contribution in [0.4, 0.5) is 8.78 Å². The molecule has 3 aliphatic heterocycles. The quantitative estimate of drug-likeness (QED) is 0.547. The Bertz CT molecular complexity index is 1160. The number of hydrogen-bond acceptors (Lipinski definition) is 3. The molecular formula is C29H38F2N4O2. The summed E-state index contributed by atoms with van der Waals surface area (Å²) in [6.07, 6.45) is 7.52. The van der Waals surface area contributed by atoms with Crippen molar-refractivity contribution in [2.45, 2.75) is 76.3 Å². The van der Waals surface area contributed by atoms with Gasteiger partial charge in [-0.15, -0.1) is 0 Å². The van der Waals surface area contributed by atoms with E-state index in [1.807, 2.05) is 29.2 Å². The number of nitrogens with zero attached hydrogens (tertiary/aromatic N) is 4. The summed E-state index contributed by atoms with van der Waals surface area (Å²) in [4.78, 5) is 33.2. The molecule has 200 valence electrons. The Hall–Kier alpha value is -2.48. The predicted octanol–water partition coefficient (Wildman–Crippen LogP) is 5.01. The van der Waals surface area contributed by atoms with Crippen molar-refractivity contribution < 1.29 is 18.4 Å². The second-order valence-electron chi connectivity index (χ2n) is 11.7. The summed E-state index contributed by atoms with van der Waals surface area (Å²) in [5, 5.41) is 0.881. The summed E-state index contributed by atoms with van der Waals surface area (Å²) in [6, 6.07) is 7.96. The molecule has 0 spiro atoms. The summed E-state index contributed by atoms with van der Waals surface area (Å²) in [5.74, 6) is -2.26. The zero-order chi connectivity index (χ0) is 25.6. The van der Waals surface area contributed by atoms with Gasteiger partial charge in [0.1, 0.15) is 5.69 Å². The predicted molar refractivity (Wildman–Crippen MR) is 139 cm³/mol. The van der Waals surface area contributed by atoms with Crippen molar-refractivity contribution in [2.75, 3.05) is 39.3 Å². The number of benzene rings is 1. The molecule has 1 saturated carbocycles. The molecule has 1 atom stereocenters. The molecule has 6 rings (SSSR count). The molecule has 37 heavy (non-hydrogen) atoms. The van der Waals surface area contributed by atoms with Crippen molar-refractivity contribution >= 4 is 22.7 Å². The molecule has 0 N–H and O–H groups in total. The lowest BCUT2D eigenvalue weighted by Crippen LogP contribution is -2.43. The largest absolute Gasteiger partial charge is 0.337 e. The highest BCUT2D eigenvalue weighted by Crippen LogP contribution is 2.33. The minimum absolute atomic E-state index is 0.0708. The molecule has 1 unspecified atom stereocenters. The minimum Gasteiger partial charge on any atom is -0.337 e. The first-order valence-electron chi connectivity index (χ1n) is 14.2. The van der Waals surface area contributed by atoms with Crippen LogP contribution in [0.15, 0.2) is 24.3 Å². The molecule has 4 aliphatic rings. The Balaban J connectivity index is 1.26. The van der Waals surface area contributed by atoms with Crippen LogP contribution < -0.4 is 0 Å². The fourth-order valence-corrected chi connectivity index (χ4v) is 6.63. The Morgan fingerprint density at radius 1 is 0.838 bits per heavy atom. The van der Waals surface area contributed by atoms with E-state index < -0.39 is 5.92 Å². The van der Waals surface area contributed by atoms with E-state index in [-0.39, 0.29) is 43.8 Å². The fraction of sp³-hybridized carbons (Fsp3) is 0.655. The van der Waals surface area contributed by atoms with Gasteiger partial charge in [-0.3, -0.25) is 9.59 Å². The monoisotopic (exact) mass is 512 g/mol. The van der Waals surface area contributed by atoms with E-state index in [1.165, 1.54) is 19.3 Å². The lowest BCUT2D eigenvalue weighted by molar-refractivity contribution is -0.0495. The van der Waals surface area contributed by atoms with Crippen molar-refractivity contribution in [3.63, 3.8) is 0 Å². The maximum Gasteiger partial charge on any atom is 0.270 e. The van der Waals surface area contributed by atoms with Gasteiger partial charge < -0.3 is 19.3 Å². The summed E-state index contributed by atoms with van der Waals surface area (Å²) in [7, 11) is 0. The number of carbonyl (C=O) groups excluding carboxylic acids is 2. The molecule has 1 aliphatic carbocycles. The number of alkyl halides is 2. The number of rotatable bonds is 6. The maximum absolute atomic E-state index is 13.7. The lowest BCUT2D eigenvalue weighted by atomic mass is 9.85. The Kier molecular flexibility index (Phi) is 6.72. The maximum atomic E-state index is 13.7. The highest BCUT2D eigenvalue weighted by molar-refractivity contribution is 6.02. The minimum atomic E-state index is -2.69. The average Bonchev–Trinajstić information content (AvgIpc) is 3.61. The van der Waals surface area contributed by atoms with Crippen LogP contribution in [0.25, 0.3) is 10.9 Å². The van der Waals surface area contributed by atoms with Gasteiger partial charge in [0.25, 0.3) is 17.7 Å². The molecule has 1 aromatic heterocycles. The number of carbonyl (C=O) groups is 2. The smallest absolute Gasteiger partial charge is 0.270 e. The van der Waals surface area contributed by atoms with Crippen molar-refractivity contribution in [1.29, 1.82) is 0 Å². The third-order valence-corrected chi connectivity index (χ3v) is 9.12. The number of amides is 2. The summed E-state index contributed by atoms with van der Waals surface area (Å²) in [5.41, 5.74) is 2.17. The fourth-order valence-electron chi connectivity index (χ4n) is 6.63. The first-order valence-corrected chi connectivity index (χ1v) is 14.2. The molecule has 1 aromatic carbocycles. The lowest BCUT2D eigenvalue weighted by Gasteiger charge is -2.32. The van der Waals surface area contributed by atoms with E-state index in [2.05, 4.69) is 9.47 Å². The van der Waals surface area contributed by atoms with Gasteiger partial charge >= 0.3 is 0 Å². The average molecular weight is 513 g/mol. The molecule has 3 saturated heterocycles. The summed E-state index contributed by atoms with van der Waals surface area (Å²) >= 11 is 0. The molecule has 0 radical (unpaired) electrons. The third kappa shape index (κ3) is 5.01. The number of fused-ring (bicyclic) bond motifs is 1. The Morgan fingerprint density at radius 2 is 1.59 bits per heavy atom. The van der Waals surface area contributed by atoms with Crippen LogP contribution in [-0.2, 0) is 6.54 Å². The molecule has 8 heteroatoms. The van der Waals surface area contributed by atoms with E-state index in [0.29, 0.717) is 17.2 Å². The number of likely N-dealkylation sites (tertiary alicyclic amines) is 3. The van der Waals surface area contributed by atoms with Gasteiger partial charge in [-0.1, -0.05) is 6.42 Å². The topological polar surface area (TPSA) is 48.8 Å². The molecule has 4 fully saturated rings. The Morgan fingerprint density at radius 3 is 2.30 bits per heavy atom. The third-order valence-electron chi connectivity index (χ3n) is 9.12. The molecule has 0 bridgehead atoms. The van der Waals surface area contributed by atoms with E-state index in [9.17, 15) is 18.4 Å². The van der Waals surface area contributed by atoms with E-state index >= 15 is 0 Å². The molecule has 4 heterocycles. The SMILES string of the molecule is O=C(c1cc2cc(C(=O)N3CCCC3CN3CCCC3)ccc2n1CC1CCC1)N1CCC(F)(F)CC1. The van der Waals surface area contributed by atoms with Gasteiger partial charge in [0.2, 0.25) is 0 Å². The van der Waals surface area contributed by atoms with Crippen molar-refractivity contribution in [1.82, 2.24) is 19.3 Å². The van der Waals surface area contributed by atoms with Gasteiger partial charge in [0.15, 0.2) is 0 Å². The van der Waals surface area contributed by atoms with Crippen LogP contribution in [-0.4, -0.2) is 82.3 Å². The molecule has 2 aromatic rings. The second kappa shape index (κ2) is 10.0. The molecule has 6 nitrogen and oxygen atoms in total. The van der Waals surface area contributed by atoms with Crippen LogP contribution in [0.3, 0.4) is 0 Å². The van der Waals surface area contributed by atoms with Crippen molar-refractivity contribution in [3.05, 3.63) is 35.5 Å². The van der Waals surface area contributed by atoms with Crippen molar-refractivity contribution in [2.24, 2.45) is 5.92 Å². The number of hydrogen-bond donors (Lipinski definition) is 0. The van der Waals surface area contributed by atoms with E-state index in [4.69, 9.17) is 0 Å². The normalized spacial score (nSPS) is 24.6. The van der Waals surface area contributed by atoms with Crippen LogP contribution in [0.5, 0.6) is 0 Å². The van der Waals surface area contributed by atoms with Crippen LogP contribution in [0.2, 0.25) is 0 Å². The number of piperidine rings is 1. The summed E-state index contributed by atoms with van der Waals surface area (Å²) in [6.45, 7) is 4.92. The Labute approximate surface area is 217 Å². The van der Waals surface area contributed by atoms with Gasteiger partial charge in [0.05, 0.1) is 0 Å². The summed E-state index contributed by atoms with van der Waals surface area (Å²) < 4.78 is 29.5. The van der Waals surface area contributed by atoms with Gasteiger partial charge in [0, 0.05) is 68.1 Å². The van der Waals surface area contributed by atoms with Crippen LogP contribution in [0.1, 0.15) is 78.6 Å². The molecular weight excluding hydrogens is 474 g/mol. The number of halogens is 2. The van der Waals surface area contributed by atoms with Crippen molar-refractivity contribution in [3.8, 4) is 0 Å². The van der Waals surface area contributed by atoms with E-state index in [1.54, 1.807) is 4.90 Å². The van der Waals surface area contributed by atoms with Gasteiger partial charge in [-0.2, -0.15) is 0 Å². The van der Waals surface area contributed by atoms with Crippen LogP contribution in [0, 0.1) is 5.92 Å². The highest BCUT2D eigenvalue weighted by atomic mass is 19.3. The first kappa shape index (κ1) is 24.8. The van der Waals surface area contributed by atoms with Crippen LogP contribution >= 0.6 is 0 Å². The zero-order valence-electron chi connectivity index (χ0n) is 21.6. The standard InChI is InChI=1S/C29H38F2N4O2/c30-29(31)10-15-33(16-11-29)28(37)26-18-23-17-22(8-9-25(23)35(26)19-21-5-3-6-21)27(36)34-14-4-7-24(34)20-32-12-1-2-13-32/h8-9,17-18,21,24H,1-7,10-16,19-20H2.